The van der Waals surface area contributed by atoms with Gasteiger partial charge in [-0.1, -0.05) is 42.5 Å². The molecule has 0 fully saturated rings. The molecule has 0 heterocycles. The monoisotopic (exact) mass is 257 g/mol. The van der Waals surface area contributed by atoms with Gasteiger partial charge in [0.2, 0.25) is 0 Å². The highest BCUT2D eigenvalue weighted by molar-refractivity contribution is 5.31. The average molecular weight is 257 g/mol. The Morgan fingerprint density at radius 1 is 0.947 bits per heavy atom. The number of aliphatic hydroxyl groups is 1. The van der Waals surface area contributed by atoms with Crippen molar-refractivity contribution in [2.75, 3.05) is 13.2 Å². The Bertz CT molecular complexity index is 482. The normalized spacial score (nSPS) is 12.1. The second-order valence-corrected chi connectivity index (χ2v) is 4.56. The Labute approximate surface area is 113 Å². The third kappa shape index (κ3) is 4.39. The zero-order chi connectivity index (χ0) is 13.5. The van der Waals surface area contributed by atoms with Gasteiger partial charge in [-0.3, -0.25) is 0 Å². The number of hydrogen-bond donors (Lipinski definition) is 2. The van der Waals surface area contributed by atoms with Gasteiger partial charge in [0.25, 0.3) is 0 Å². The summed E-state index contributed by atoms with van der Waals surface area (Å²) in [7, 11) is 0. The van der Waals surface area contributed by atoms with Gasteiger partial charge in [0.1, 0.15) is 12.4 Å². The lowest BCUT2D eigenvalue weighted by Crippen LogP contribution is -2.31. The van der Waals surface area contributed by atoms with Crippen LogP contribution in [0.5, 0.6) is 5.75 Å². The molecule has 19 heavy (non-hydrogen) atoms. The first kappa shape index (κ1) is 13.6. The first-order valence-corrected chi connectivity index (χ1v) is 6.40. The van der Waals surface area contributed by atoms with E-state index >= 15 is 0 Å². The summed E-state index contributed by atoms with van der Waals surface area (Å²) in [6, 6.07) is 18.0. The fourth-order valence-electron chi connectivity index (χ4n) is 1.79. The Morgan fingerprint density at radius 2 is 1.58 bits per heavy atom. The molecule has 3 N–H and O–H groups in total. The summed E-state index contributed by atoms with van der Waals surface area (Å²) in [4.78, 5) is 0. The van der Waals surface area contributed by atoms with Crippen molar-refractivity contribution in [1.29, 1.82) is 0 Å². The van der Waals surface area contributed by atoms with Gasteiger partial charge in [0.15, 0.2) is 0 Å². The summed E-state index contributed by atoms with van der Waals surface area (Å²) < 4.78 is 5.48. The van der Waals surface area contributed by atoms with Crippen molar-refractivity contribution in [3.63, 3.8) is 0 Å². The van der Waals surface area contributed by atoms with Crippen molar-refractivity contribution < 1.29 is 9.84 Å². The standard InChI is InChI=1S/C16H19NO2/c17-15(11-18)12-19-16-8-6-14(7-9-16)10-13-4-2-1-3-5-13/h1-9,15,18H,10-12,17H2. The Hall–Kier alpha value is -1.84. The number of rotatable bonds is 6. The Morgan fingerprint density at radius 3 is 2.21 bits per heavy atom. The van der Waals surface area contributed by atoms with Crippen molar-refractivity contribution in [3.05, 3.63) is 65.7 Å². The van der Waals surface area contributed by atoms with E-state index in [1.54, 1.807) is 0 Å². The van der Waals surface area contributed by atoms with Gasteiger partial charge in [-0.2, -0.15) is 0 Å². The van der Waals surface area contributed by atoms with E-state index < -0.39 is 0 Å². The van der Waals surface area contributed by atoms with Crippen LogP contribution in [0.15, 0.2) is 54.6 Å². The van der Waals surface area contributed by atoms with Crippen LogP contribution in [0.4, 0.5) is 0 Å². The predicted octanol–water partition coefficient (Wildman–Crippen LogP) is 1.98. The number of ether oxygens (including phenoxy) is 1. The topological polar surface area (TPSA) is 55.5 Å². The Balaban J connectivity index is 1.91. The summed E-state index contributed by atoms with van der Waals surface area (Å²) in [5.41, 5.74) is 8.11. The molecule has 0 aliphatic carbocycles. The van der Waals surface area contributed by atoms with E-state index in [9.17, 15) is 0 Å². The summed E-state index contributed by atoms with van der Waals surface area (Å²) >= 11 is 0. The average Bonchev–Trinajstić information content (AvgIpc) is 2.47. The minimum absolute atomic E-state index is 0.0634. The largest absolute Gasteiger partial charge is 0.492 e. The van der Waals surface area contributed by atoms with Crippen LogP contribution in [-0.4, -0.2) is 24.4 Å². The molecule has 1 unspecified atom stereocenters. The van der Waals surface area contributed by atoms with Gasteiger partial charge in [-0.15, -0.1) is 0 Å². The van der Waals surface area contributed by atoms with E-state index in [1.165, 1.54) is 11.1 Å². The van der Waals surface area contributed by atoms with Gasteiger partial charge in [-0.05, 0) is 29.7 Å². The zero-order valence-corrected chi connectivity index (χ0v) is 10.8. The molecule has 3 heteroatoms. The number of hydrogen-bond acceptors (Lipinski definition) is 3. The second kappa shape index (κ2) is 6.92. The van der Waals surface area contributed by atoms with Crippen LogP contribution in [0.3, 0.4) is 0 Å². The van der Waals surface area contributed by atoms with E-state index in [0.29, 0.717) is 6.61 Å². The highest BCUT2D eigenvalue weighted by atomic mass is 16.5. The van der Waals surface area contributed by atoms with Gasteiger partial charge in [0.05, 0.1) is 12.6 Å². The summed E-state index contributed by atoms with van der Waals surface area (Å²) in [6.45, 7) is 0.265. The van der Waals surface area contributed by atoms with Gasteiger partial charge in [0, 0.05) is 0 Å². The molecule has 0 aliphatic heterocycles. The van der Waals surface area contributed by atoms with Crippen molar-refractivity contribution in [3.8, 4) is 5.75 Å². The molecule has 0 bridgehead atoms. The van der Waals surface area contributed by atoms with E-state index in [2.05, 4.69) is 12.1 Å². The lowest BCUT2D eigenvalue weighted by molar-refractivity contribution is 0.206. The van der Waals surface area contributed by atoms with E-state index in [1.807, 2.05) is 42.5 Å². The fourth-order valence-corrected chi connectivity index (χ4v) is 1.79. The molecule has 100 valence electrons. The molecule has 0 aromatic heterocycles. The maximum atomic E-state index is 8.82. The van der Waals surface area contributed by atoms with Gasteiger partial charge < -0.3 is 15.6 Å². The molecule has 0 radical (unpaired) electrons. The Kier molecular flexibility index (Phi) is 4.95. The maximum Gasteiger partial charge on any atom is 0.119 e. The lowest BCUT2D eigenvalue weighted by atomic mass is 10.1. The number of benzene rings is 2. The third-order valence-electron chi connectivity index (χ3n) is 2.87. The van der Waals surface area contributed by atoms with Crippen molar-refractivity contribution >= 4 is 0 Å². The SMILES string of the molecule is NC(CO)COc1ccc(Cc2ccccc2)cc1. The van der Waals surface area contributed by atoms with E-state index in [0.717, 1.165) is 12.2 Å². The summed E-state index contributed by atoms with van der Waals surface area (Å²) in [6.07, 6.45) is 0.914. The van der Waals surface area contributed by atoms with Crippen LogP contribution >= 0.6 is 0 Å². The fraction of sp³-hybridized carbons (Fsp3) is 0.250. The second-order valence-electron chi connectivity index (χ2n) is 4.56. The van der Waals surface area contributed by atoms with E-state index in [4.69, 9.17) is 15.6 Å². The molecule has 0 saturated heterocycles. The molecule has 0 spiro atoms. The summed E-state index contributed by atoms with van der Waals surface area (Å²) in [5, 5.41) is 8.82. The third-order valence-corrected chi connectivity index (χ3v) is 2.87. The van der Waals surface area contributed by atoms with Crippen molar-refractivity contribution in [2.45, 2.75) is 12.5 Å². The maximum absolute atomic E-state index is 8.82. The van der Waals surface area contributed by atoms with Gasteiger partial charge in [-0.25, -0.2) is 0 Å². The van der Waals surface area contributed by atoms with Crippen molar-refractivity contribution in [2.24, 2.45) is 5.73 Å². The molecular formula is C16H19NO2. The molecule has 2 rings (SSSR count). The summed E-state index contributed by atoms with van der Waals surface area (Å²) in [5.74, 6) is 0.778. The number of aliphatic hydroxyl groups excluding tert-OH is 1. The van der Waals surface area contributed by atoms with E-state index in [-0.39, 0.29) is 12.6 Å². The minimum Gasteiger partial charge on any atom is -0.492 e. The molecule has 0 amide bonds. The highest BCUT2D eigenvalue weighted by Crippen LogP contribution is 2.15. The van der Waals surface area contributed by atoms with Crippen LogP contribution in [0.25, 0.3) is 0 Å². The first-order chi connectivity index (χ1) is 9.28. The first-order valence-electron chi connectivity index (χ1n) is 6.40. The lowest BCUT2D eigenvalue weighted by Gasteiger charge is -2.11. The smallest absolute Gasteiger partial charge is 0.119 e. The highest BCUT2D eigenvalue weighted by Gasteiger charge is 2.02. The zero-order valence-electron chi connectivity index (χ0n) is 10.8. The van der Waals surface area contributed by atoms with Crippen molar-refractivity contribution in [1.82, 2.24) is 0 Å². The quantitative estimate of drug-likeness (QED) is 0.832. The molecule has 1 atom stereocenters. The molecule has 2 aromatic carbocycles. The van der Waals surface area contributed by atoms with Crippen LogP contribution in [0, 0.1) is 0 Å². The molecule has 0 saturated carbocycles. The molecule has 0 aliphatic rings. The van der Waals surface area contributed by atoms with Crippen LogP contribution in [-0.2, 0) is 6.42 Å². The molecule has 3 nitrogen and oxygen atoms in total. The number of nitrogens with two attached hydrogens (primary N) is 1. The van der Waals surface area contributed by atoms with Crippen LogP contribution < -0.4 is 10.5 Å². The predicted molar refractivity (Wildman–Crippen MR) is 76.2 cm³/mol. The molecule has 2 aromatic rings. The minimum atomic E-state index is -0.330. The van der Waals surface area contributed by atoms with Crippen LogP contribution in [0.1, 0.15) is 11.1 Å². The van der Waals surface area contributed by atoms with Crippen LogP contribution in [0.2, 0.25) is 0 Å². The molecular weight excluding hydrogens is 238 g/mol. The van der Waals surface area contributed by atoms with Gasteiger partial charge >= 0.3 is 0 Å².